The van der Waals surface area contributed by atoms with E-state index in [9.17, 15) is 5.11 Å². The molecule has 4 heteroatoms. The average molecular weight is 259 g/mol. The van der Waals surface area contributed by atoms with Gasteiger partial charge in [-0.3, -0.25) is 0 Å². The molecule has 0 aliphatic heterocycles. The van der Waals surface area contributed by atoms with Gasteiger partial charge < -0.3 is 14.6 Å². The molecule has 0 bridgehead atoms. The summed E-state index contributed by atoms with van der Waals surface area (Å²) in [4.78, 5) is 6.55. The average Bonchev–Trinajstić information content (AvgIpc) is 2.73. The van der Waals surface area contributed by atoms with Gasteiger partial charge in [0.05, 0.1) is 5.69 Å². The third-order valence-corrected chi connectivity index (χ3v) is 3.04. The van der Waals surface area contributed by atoms with Crippen LogP contribution in [-0.2, 0) is 13.0 Å². The molecule has 19 heavy (non-hydrogen) atoms. The Hall–Kier alpha value is -1.81. The second-order valence-electron chi connectivity index (χ2n) is 5.07. The van der Waals surface area contributed by atoms with Crippen molar-refractivity contribution in [1.29, 1.82) is 0 Å². The zero-order chi connectivity index (χ0) is 14.0. The van der Waals surface area contributed by atoms with Crippen molar-refractivity contribution in [3.8, 4) is 11.4 Å². The Morgan fingerprint density at radius 3 is 2.68 bits per heavy atom. The van der Waals surface area contributed by atoms with Crippen LogP contribution in [0.2, 0.25) is 0 Å². The monoisotopic (exact) mass is 259 g/mol. The zero-order valence-electron chi connectivity index (χ0n) is 12.0. The van der Waals surface area contributed by atoms with E-state index in [1.165, 1.54) is 0 Å². The van der Waals surface area contributed by atoms with Gasteiger partial charge in [0.2, 0.25) is 0 Å². The second-order valence-corrected chi connectivity index (χ2v) is 5.07. The van der Waals surface area contributed by atoms with Gasteiger partial charge >= 0.3 is 0 Å². The molecule has 1 aromatic carbocycles. The van der Waals surface area contributed by atoms with Crippen molar-refractivity contribution in [3.05, 3.63) is 41.5 Å². The predicted octanol–water partition coefficient (Wildman–Crippen LogP) is 2.51. The molecule has 1 heterocycles. The third-order valence-electron chi connectivity index (χ3n) is 3.04. The summed E-state index contributed by atoms with van der Waals surface area (Å²) in [6.07, 6.45) is 2.92. The van der Waals surface area contributed by atoms with Gasteiger partial charge in [0, 0.05) is 30.4 Å². The van der Waals surface area contributed by atoms with E-state index in [0.29, 0.717) is 5.75 Å². The number of aromatic nitrogens is 2. The third kappa shape index (κ3) is 2.96. The summed E-state index contributed by atoms with van der Waals surface area (Å²) in [6, 6.07) is 5.70. The van der Waals surface area contributed by atoms with Crippen LogP contribution in [0.5, 0.6) is 5.75 Å². The van der Waals surface area contributed by atoms with Crippen LogP contribution >= 0.6 is 0 Å². The molecule has 1 N–H and O–H groups in total. The highest BCUT2D eigenvalue weighted by Crippen LogP contribution is 2.23. The SMILES string of the molecule is CCc1nc(C)cn1-c1ccc(O)c(CN(C)C)c1. The maximum absolute atomic E-state index is 9.91. The van der Waals surface area contributed by atoms with E-state index in [1.54, 1.807) is 6.07 Å². The molecule has 0 atom stereocenters. The molecule has 0 radical (unpaired) electrons. The van der Waals surface area contributed by atoms with E-state index in [-0.39, 0.29) is 0 Å². The first-order chi connectivity index (χ1) is 9.01. The molecule has 1 aromatic heterocycles. The molecule has 2 aromatic rings. The van der Waals surface area contributed by atoms with E-state index in [2.05, 4.69) is 16.5 Å². The normalized spacial score (nSPS) is 11.2. The fourth-order valence-corrected chi connectivity index (χ4v) is 2.21. The van der Waals surface area contributed by atoms with Gasteiger partial charge in [0.25, 0.3) is 0 Å². The van der Waals surface area contributed by atoms with E-state index < -0.39 is 0 Å². The van der Waals surface area contributed by atoms with Crippen molar-refractivity contribution in [2.45, 2.75) is 26.8 Å². The van der Waals surface area contributed by atoms with Gasteiger partial charge in [0.1, 0.15) is 11.6 Å². The molecule has 0 spiro atoms. The van der Waals surface area contributed by atoms with Crippen LogP contribution in [0, 0.1) is 6.92 Å². The predicted molar refractivity (Wildman–Crippen MR) is 76.7 cm³/mol. The van der Waals surface area contributed by atoms with Crippen molar-refractivity contribution >= 4 is 0 Å². The minimum absolute atomic E-state index is 0.340. The molecular weight excluding hydrogens is 238 g/mol. The van der Waals surface area contributed by atoms with E-state index in [1.807, 2.05) is 44.2 Å². The van der Waals surface area contributed by atoms with Gasteiger partial charge in [0.15, 0.2) is 0 Å². The van der Waals surface area contributed by atoms with E-state index in [4.69, 9.17) is 0 Å². The van der Waals surface area contributed by atoms with Crippen molar-refractivity contribution in [2.24, 2.45) is 0 Å². The number of imidazole rings is 1. The molecule has 2 rings (SSSR count). The minimum Gasteiger partial charge on any atom is -0.508 e. The fourth-order valence-electron chi connectivity index (χ4n) is 2.21. The van der Waals surface area contributed by atoms with Crippen molar-refractivity contribution in [3.63, 3.8) is 0 Å². The smallest absolute Gasteiger partial charge is 0.120 e. The Morgan fingerprint density at radius 2 is 2.05 bits per heavy atom. The van der Waals surface area contributed by atoms with Gasteiger partial charge in [-0.25, -0.2) is 4.98 Å². The lowest BCUT2D eigenvalue weighted by molar-refractivity contribution is 0.386. The number of rotatable bonds is 4. The maximum Gasteiger partial charge on any atom is 0.120 e. The van der Waals surface area contributed by atoms with E-state index >= 15 is 0 Å². The van der Waals surface area contributed by atoms with Gasteiger partial charge in [-0.05, 0) is 39.2 Å². The molecule has 4 nitrogen and oxygen atoms in total. The number of phenols is 1. The first kappa shape index (κ1) is 13.6. The Kier molecular flexibility index (Phi) is 3.90. The molecule has 0 saturated heterocycles. The Balaban J connectivity index is 2.44. The first-order valence-corrected chi connectivity index (χ1v) is 6.53. The molecule has 0 amide bonds. The summed E-state index contributed by atoms with van der Waals surface area (Å²) >= 11 is 0. The number of aryl methyl sites for hydroxylation is 2. The van der Waals surface area contributed by atoms with Gasteiger partial charge in [-0.1, -0.05) is 6.92 Å². The Morgan fingerprint density at radius 1 is 1.32 bits per heavy atom. The van der Waals surface area contributed by atoms with Crippen LogP contribution in [0.1, 0.15) is 24.0 Å². The number of hydrogen-bond acceptors (Lipinski definition) is 3. The summed E-state index contributed by atoms with van der Waals surface area (Å²) in [5.41, 5.74) is 2.99. The van der Waals surface area contributed by atoms with Crippen molar-refractivity contribution < 1.29 is 5.11 Å². The van der Waals surface area contributed by atoms with Crippen LogP contribution in [0.25, 0.3) is 5.69 Å². The number of hydrogen-bond donors (Lipinski definition) is 1. The number of phenolic OH excluding ortho intramolecular Hbond substituents is 1. The lowest BCUT2D eigenvalue weighted by Crippen LogP contribution is -2.11. The zero-order valence-corrected chi connectivity index (χ0v) is 12.0. The number of nitrogens with zero attached hydrogens (tertiary/aromatic N) is 3. The second kappa shape index (κ2) is 5.45. The van der Waals surface area contributed by atoms with E-state index in [0.717, 1.165) is 35.7 Å². The lowest BCUT2D eigenvalue weighted by atomic mass is 10.1. The summed E-state index contributed by atoms with van der Waals surface area (Å²) in [5, 5.41) is 9.91. The summed E-state index contributed by atoms with van der Waals surface area (Å²) in [6.45, 7) is 4.81. The fraction of sp³-hybridized carbons (Fsp3) is 0.400. The van der Waals surface area contributed by atoms with Crippen LogP contribution in [-0.4, -0.2) is 33.7 Å². The maximum atomic E-state index is 9.91. The molecule has 0 fully saturated rings. The lowest BCUT2D eigenvalue weighted by Gasteiger charge is -2.14. The van der Waals surface area contributed by atoms with Gasteiger partial charge in [-0.2, -0.15) is 0 Å². The molecule has 102 valence electrons. The quantitative estimate of drug-likeness (QED) is 0.917. The molecule has 0 unspecified atom stereocenters. The molecule has 0 saturated carbocycles. The minimum atomic E-state index is 0.340. The van der Waals surface area contributed by atoms with Crippen molar-refractivity contribution in [2.75, 3.05) is 14.1 Å². The van der Waals surface area contributed by atoms with Crippen molar-refractivity contribution in [1.82, 2.24) is 14.5 Å². The highest BCUT2D eigenvalue weighted by molar-refractivity contribution is 5.44. The molecule has 0 aliphatic carbocycles. The largest absolute Gasteiger partial charge is 0.508 e. The van der Waals surface area contributed by atoms with Crippen LogP contribution in [0.3, 0.4) is 0 Å². The molecular formula is C15H21N3O. The topological polar surface area (TPSA) is 41.3 Å². The highest BCUT2D eigenvalue weighted by atomic mass is 16.3. The summed E-state index contributed by atoms with van der Waals surface area (Å²) in [5.74, 6) is 1.38. The summed E-state index contributed by atoms with van der Waals surface area (Å²) < 4.78 is 2.09. The first-order valence-electron chi connectivity index (χ1n) is 6.53. The number of benzene rings is 1. The van der Waals surface area contributed by atoms with Crippen LogP contribution in [0.15, 0.2) is 24.4 Å². The highest BCUT2D eigenvalue weighted by Gasteiger charge is 2.09. The Bertz CT molecular complexity index is 573. The van der Waals surface area contributed by atoms with Crippen LogP contribution < -0.4 is 0 Å². The summed E-state index contributed by atoms with van der Waals surface area (Å²) in [7, 11) is 3.98. The van der Waals surface area contributed by atoms with Gasteiger partial charge in [-0.15, -0.1) is 0 Å². The standard InChI is InChI=1S/C15H21N3O/c1-5-15-16-11(2)9-18(15)13-6-7-14(19)12(8-13)10-17(3)4/h6-9,19H,5,10H2,1-4H3. The van der Waals surface area contributed by atoms with Crippen LogP contribution in [0.4, 0.5) is 0 Å². The molecule has 0 aliphatic rings. The number of aromatic hydroxyl groups is 1. The Labute approximate surface area is 114 Å².